The van der Waals surface area contributed by atoms with E-state index in [9.17, 15) is 18.3 Å². The summed E-state index contributed by atoms with van der Waals surface area (Å²) in [7, 11) is 0. The van der Waals surface area contributed by atoms with E-state index < -0.39 is 17.7 Å². The lowest BCUT2D eigenvalue weighted by molar-refractivity contribution is -0.202. The molecule has 2 rings (SSSR count). The van der Waals surface area contributed by atoms with Gasteiger partial charge in [-0.05, 0) is 38.0 Å². The molecule has 1 nitrogen and oxygen atoms in total. The van der Waals surface area contributed by atoms with Gasteiger partial charge in [0, 0.05) is 0 Å². The summed E-state index contributed by atoms with van der Waals surface area (Å²) in [6.07, 6.45) is 2.13. The molecular weight excluding hydrogens is 229 g/mol. The molecule has 2 aliphatic rings. The van der Waals surface area contributed by atoms with Crippen molar-refractivity contribution in [3.8, 4) is 0 Å². The number of halogens is 3. The average Bonchev–Trinajstić information content (AvgIpc) is 2.68. The molecule has 0 aromatic heterocycles. The highest BCUT2D eigenvalue weighted by Gasteiger charge is 2.47. The van der Waals surface area contributed by atoms with Gasteiger partial charge in [-0.15, -0.1) is 0 Å². The third-order valence-electron chi connectivity index (χ3n) is 4.43. The summed E-state index contributed by atoms with van der Waals surface area (Å²) in [6.45, 7) is 0. The third-order valence-corrected chi connectivity index (χ3v) is 4.43. The van der Waals surface area contributed by atoms with E-state index in [1.165, 1.54) is 12.8 Å². The molecule has 0 aliphatic heterocycles. The minimum Gasteiger partial charge on any atom is -0.390 e. The van der Waals surface area contributed by atoms with E-state index in [1.54, 1.807) is 0 Å². The molecule has 1 N–H and O–H groups in total. The predicted molar refractivity (Wildman–Crippen MR) is 59.5 cm³/mol. The quantitative estimate of drug-likeness (QED) is 0.783. The Labute approximate surface area is 100 Å². The second kappa shape index (κ2) is 4.79. The molecule has 2 aliphatic carbocycles. The van der Waals surface area contributed by atoms with E-state index in [1.807, 2.05) is 0 Å². The maximum atomic E-state index is 12.7. The van der Waals surface area contributed by atoms with Gasteiger partial charge < -0.3 is 5.11 Å². The largest absolute Gasteiger partial charge is 0.391 e. The molecule has 100 valence electrons. The van der Waals surface area contributed by atoms with Gasteiger partial charge >= 0.3 is 6.18 Å². The maximum absolute atomic E-state index is 12.7. The van der Waals surface area contributed by atoms with Gasteiger partial charge in [0.05, 0.1) is 11.5 Å². The first-order chi connectivity index (χ1) is 7.89. The zero-order valence-electron chi connectivity index (χ0n) is 10.1. The van der Waals surface area contributed by atoms with Crippen molar-refractivity contribution in [3.05, 3.63) is 0 Å². The molecule has 2 unspecified atom stereocenters. The molecule has 0 heterocycles. The van der Waals surface area contributed by atoms with Crippen LogP contribution in [0.2, 0.25) is 0 Å². The highest BCUT2D eigenvalue weighted by atomic mass is 19.4. The van der Waals surface area contributed by atoms with Crippen molar-refractivity contribution in [2.24, 2.45) is 11.8 Å². The van der Waals surface area contributed by atoms with E-state index in [0.29, 0.717) is 25.2 Å². The molecular formula is C13H21F3O. The Kier molecular flexibility index (Phi) is 3.71. The van der Waals surface area contributed by atoms with Gasteiger partial charge in [-0.1, -0.05) is 25.7 Å². The standard InChI is InChI=1S/C13H21F3O/c14-13(15,16)11-6-3-7-12(17,9-11)8-10-4-1-2-5-10/h10-11,17H,1-9H2. The Morgan fingerprint density at radius 3 is 2.29 bits per heavy atom. The molecule has 17 heavy (non-hydrogen) atoms. The van der Waals surface area contributed by atoms with Gasteiger partial charge in [-0.3, -0.25) is 0 Å². The Balaban J connectivity index is 1.94. The molecule has 2 fully saturated rings. The topological polar surface area (TPSA) is 20.2 Å². The van der Waals surface area contributed by atoms with Crippen molar-refractivity contribution in [2.75, 3.05) is 0 Å². The second-order valence-corrected chi connectivity index (χ2v) is 5.91. The molecule has 0 spiro atoms. The summed E-state index contributed by atoms with van der Waals surface area (Å²) in [5.41, 5.74) is -1.05. The Hall–Kier alpha value is -0.250. The van der Waals surface area contributed by atoms with Gasteiger partial charge in [0.25, 0.3) is 0 Å². The van der Waals surface area contributed by atoms with Crippen LogP contribution in [0.5, 0.6) is 0 Å². The van der Waals surface area contributed by atoms with Crippen LogP contribution in [0.4, 0.5) is 13.2 Å². The summed E-state index contributed by atoms with van der Waals surface area (Å²) in [5.74, 6) is -0.838. The minimum atomic E-state index is -4.13. The Morgan fingerprint density at radius 2 is 1.71 bits per heavy atom. The van der Waals surface area contributed by atoms with Gasteiger partial charge in [-0.2, -0.15) is 13.2 Å². The van der Waals surface area contributed by atoms with Crippen LogP contribution in [0.25, 0.3) is 0 Å². The van der Waals surface area contributed by atoms with Crippen LogP contribution in [0, 0.1) is 11.8 Å². The zero-order valence-corrected chi connectivity index (χ0v) is 10.1. The first-order valence-corrected chi connectivity index (χ1v) is 6.68. The first-order valence-electron chi connectivity index (χ1n) is 6.68. The van der Waals surface area contributed by atoms with Gasteiger partial charge in [0.15, 0.2) is 0 Å². The van der Waals surface area contributed by atoms with Gasteiger partial charge in [0.1, 0.15) is 0 Å². The smallest absolute Gasteiger partial charge is 0.390 e. The van der Waals surface area contributed by atoms with Crippen LogP contribution in [0.1, 0.15) is 57.8 Å². The third kappa shape index (κ3) is 3.36. The van der Waals surface area contributed by atoms with Crippen molar-refractivity contribution in [1.82, 2.24) is 0 Å². The minimum absolute atomic E-state index is 0.0764. The fourth-order valence-corrected chi connectivity index (χ4v) is 3.56. The first kappa shape index (κ1) is 13.2. The van der Waals surface area contributed by atoms with E-state index in [0.717, 1.165) is 12.8 Å². The van der Waals surface area contributed by atoms with Crippen LogP contribution < -0.4 is 0 Å². The molecule has 4 heteroatoms. The number of rotatable bonds is 2. The van der Waals surface area contributed by atoms with Gasteiger partial charge in [-0.25, -0.2) is 0 Å². The molecule has 0 aromatic carbocycles. The van der Waals surface area contributed by atoms with E-state index >= 15 is 0 Å². The molecule has 0 bridgehead atoms. The number of alkyl halides is 3. The fraction of sp³-hybridized carbons (Fsp3) is 1.00. The lowest BCUT2D eigenvalue weighted by Crippen LogP contribution is -2.41. The number of hydrogen-bond acceptors (Lipinski definition) is 1. The molecule has 2 atom stereocenters. The van der Waals surface area contributed by atoms with Crippen LogP contribution in [-0.4, -0.2) is 16.9 Å². The highest BCUT2D eigenvalue weighted by molar-refractivity contribution is 4.91. The molecule has 0 saturated heterocycles. The predicted octanol–water partition coefficient (Wildman–Crippen LogP) is 4.05. The van der Waals surface area contributed by atoms with Crippen LogP contribution in [0.15, 0.2) is 0 Å². The summed E-state index contributed by atoms with van der Waals surface area (Å²) >= 11 is 0. The lowest BCUT2D eigenvalue weighted by Gasteiger charge is -2.39. The SMILES string of the molecule is OC1(CC2CCCC2)CCCC(C(F)(F)F)C1. The molecule has 2 saturated carbocycles. The summed E-state index contributed by atoms with van der Waals surface area (Å²) in [5, 5.41) is 10.4. The monoisotopic (exact) mass is 250 g/mol. The number of hydrogen-bond donors (Lipinski definition) is 1. The average molecular weight is 250 g/mol. The summed E-state index contributed by atoms with van der Waals surface area (Å²) < 4.78 is 38.1. The highest BCUT2D eigenvalue weighted by Crippen LogP contribution is 2.45. The van der Waals surface area contributed by atoms with Crippen molar-refractivity contribution in [1.29, 1.82) is 0 Å². The molecule has 0 amide bonds. The van der Waals surface area contributed by atoms with E-state index in [-0.39, 0.29) is 12.8 Å². The van der Waals surface area contributed by atoms with E-state index in [2.05, 4.69) is 0 Å². The zero-order chi connectivity index (χ0) is 12.5. The Morgan fingerprint density at radius 1 is 1.06 bits per heavy atom. The number of aliphatic hydroxyl groups is 1. The summed E-state index contributed by atoms with van der Waals surface area (Å²) in [4.78, 5) is 0. The van der Waals surface area contributed by atoms with Crippen molar-refractivity contribution in [3.63, 3.8) is 0 Å². The molecule has 0 radical (unpaired) electrons. The lowest BCUT2D eigenvalue weighted by atomic mass is 9.73. The van der Waals surface area contributed by atoms with Crippen molar-refractivity contribution >= 4 is 0 Å². The molecule has 0 aromatic rings. The maximum Gasteiger partial charge on any atom is 0.391 e. The van der Waals surface area contributed by atoms with Gasteiger partial charge in [0.2, 0.25) is 0 Å². The summed E-state index contributed by atoms with van der Waals surface area (Å²) in [6, 6.07) is 0. The fourth-order valence-electron chi connectivity index (χ4n) is 3.56. The van der Waals surface area contributed by atoms with Crippen LogP contribution in [-0.2, 0) is 0 Å². The normalized spacial score (nSPS) is 36.4. The van der Waals surface area contributed by atoms with Crippen molar-refractivity contribution in [2.45, 2.75) is 69.6 Å². The second-order valence-electron chi connectivity index (χ2n) is 5.91. The van der Waals surface area contributed by atoms with Crippen molar-refractivity contribution < 1.29 is 18.3 Å². The van der Waals surface area contributed by atoms with E-state index in [4.69, 9.17) is 0 Å². The van der Waals surface area contributed by atoms with Crippen LogP contribution >= 0.6 is 0 Å². The Bertz CT molecular complexity index is 258. The van der Waals surface area contributed by atoms with Crippen LogP contribution in [0.3, 0.4) is 0 Å².